The molecule has 1 spiro atoms. The van der Waals surface area contributed by atoms with E-state index < -0.39 is 5.41 Å². The van der Waals surface area contributed by atoms with E-state index in [0.29, 0.717) is 0 Å². The van der Waals surface area contributed by atoms with Gasteiger partial charge in [0.1, 0.15) is 0 Å². The second-order valence-electron chi connectivity index (χ2n) is 17.8. The Hall–Kier alpha value is -9.06. The zero-order chi connectivity index (χ0) is 44.8. The highest BCUT2D eigenvalue weighted by Crippen LogP contribution is 2.63. The third-order valence-corrected chi connectivity index (χ3v) is 14.3. The zero-order valence-corrected chi connectivity index (χ0v) is 36.9. The fraction of sp³-hybridized carbons (Fsp3) is 0.0159. The van der Waals surface area contributed by atoms with Crippen molar-refractivity contribution in [3.63, 3.8) is 0 Å². The third-order valence-electron chi connectivity index (χ3n) is 14.3. The summed E-state index contributed by atoms with van der Waals surface area (Å²) in [6, 6.07) is 90.2. The Balaban J connectivity index is 0.968. The van der Waals surface area contributed by atoms with Crippen LogP contribution in [0.5, 0.6) is 0 Å². The predicted octanol–water partition coefficient (Wildman–Crippen LogP) is 15.5. The third kappa shape index (κ3) is 5.50. The van der Waals surface area contributed by atoms with Gasteiger partial charge in [0, 0.05) is 50.3 Å². The molecule has 0 fully saturated rings. The van der Waals surface area contributed by atoms with Gasteiger partial charge in [0.05, 0.1) is 16.4 Å². The van der Waals surface area contributed by atoms with E-state index in [1.54, 1.807) is 0 Å². The molecule has 0 saturated heterocycles. The van der Waals surface area contributed by atoms with E-state index in [1.165, 1.54) is 66.3 Å². The van der Waals surface area contributed by atoms with E-state index in [4.69, 9.17) is 10.2 Å². The van der Waals surface area contributed by atoms with Crippen molar-refractivity contribution < 1.29 is 0 Å². The van der Waals surface area contributed by atoms with Gasteiger partial charge >= 0.3 is 0 Å². The van der Waals surface area contributed by atoms with Crippen molar-refractivity contribution in [2.75, 3.05) is 4.90 Å². The maximum absolute atomic E-state index is 4.76. The van der Waals surface area contributed by atoms with Gasteiger partial charge in [-0.3, -0.25) is 4.57 Å². The van der Waals surface area contributed by atoms with Crippen molar-refractivity contribution in [3.05, 3.63) is 271 Å². The first-order chi connectivity index (χ1) is 33.8. The highest BCUT2D eigenvalue weighted by atomic mass is 15.3. The van der Waals surface area contributed by atoms with Crippen LogP contribution < -0.4 is 4.90 Å². The van der Waals surface area contributed by atoms with E-state index in [1.807, 2.05) is 36.4 Å². The van der Waals surface area contributed by atoms with E-state index in [0.717, 1.165) is 51.2 Å². The number of nitrogens with zero attached hydrogens (tertiary/aromatic N) is 5. The molecule has 0 atom stereocenters. The van der Waals surface area contributed by atoms with Gasteiger partial charge < -0.3 is 9.47 Å². The van der Waals surface area contributed by atoms with Crippen molar-refractivity contribution in [1.82, 2.24) is 19.3 Å². The minimum Gasteiger partial charge on any atom is -0.310 e. The lowest BCUT2D eigenvalue weighted by molar-refractivity contribution is 0.792. The summed E-state index contributed by atoms with van der Waals surface area (Å²) in [4.78, 5) is 2.39. The lowest BCUT2D eigenvalue weighted by Crippen LogP contribution is -2.26. The van der Waals surface area contributed by atoms with Crippen LogP contribution in [0.2, 0.25) is 0 Å². The Kier molecular flexibility index (Phi) is 8.43. The smallest absolute Gasteiger partial charge is 0.168 e. The monoisotopic (exact) mass is 867 g/mol. The normalized spacial score (nSPS) is 12.8. The van der Waals surface area contributed by atoms with Gasteiger partial charge in [-0.1, -0.05) is 176 Å². The molecule has 12 aromatic rings. The summed E-state index contributed by atoms with van der Waals surface area (Å²) in [6.45, 7) is 0. The molecular formula is C63H41N5. The molecule has 2 aromatic heterocycles. The van der Waals surface area contributed by atoms with Crippen LogP contribution in [0.3, 0.4) is 0 Å². The van der Waals surface area contributed by atoms with Gasteiger partial charge in [-0.05, 0) is 117 Å². The Labute approximate surface area is 394 Å². The minimum atomic E-state index is -0.565. The number of fused-ring (bicyclic) bond motifs is 13. The lowest BCUT2D eigenvalue weighted by Gasteiger charge is -2.32. The predicted molar refractivity (Wildman–Crippen MR) is 278 cm³/mol. The molecule has 14 rings (SSSR count). The van der Waals surface area contributed by atoms with Gasteiger partial charge in [0.2, 0.25) is 0 Å². The van der Waals surface area contributed by atoms with E-state index in [2.05, 4.69) is 226 Å². The molecule has 0 amide bonds. The van der Waals surface area contributed by atoms with Crippen molar-refractivity contribution in [1.29, 1.82) is 0 Å². The van der Waals surface area contributed by atoms with Crippen LogP contribution in [0.25, 0.3) is 78.2 Å². The van der Waals surface area contributed by atoms with Crippen molar-refractivity contribution >= 4 is 38.9 Å². The highest BCUT2D eigenvalue weighted by Gasteiger charge is 2.52. The first kappa shape index (κ1) is 38.2. The maximum Gasteiger partial charge on any atom is 0.168 e. The largest absolute Gasteiger partial charge is 0.310 e. The number of anilines is 3. The summed E-state index contributed by atoms with van der Waals surface area (Å²) >= 11 is 0. The average Bonchev–Trinajstić information content (AvgIpc) is 4.16. The number of benzene rings is 10. The lowest BCUT2D eigenvalue weighted by atomic mass is 9.70. The summed E-state index contributed by atoms with van der Waals surface area (Å²) in [5.74, 6) is 1.58. The van der Waals surface area contributed by atoms with Gasteiger partial charge in [0.25, 0.3) is 0 Å². The molecule has 68 heavy (non-hydrogen) atoms. The van der Waals surface area contributed by atoms with Crippen LogP contribution in [0, 0.1) is 0 Å². The van der Waals surface area contributed by atoms with Crippen LogP contribution >= 0.6 is 0 Å². The summed E-state index contributed by atoms with van der Waals surface area (Å²) in [7, 11) is 0. The molecule has 10 aromatic carbocycles. The number of rotatable bonds is 7. The molecule has 2 aliphatic carbocycles. The fourth-order valence-electron chi connectivity index (χ4n) is 11.4. The highest BCUT2D eigenvalue weighted by molar-refractivity contribution is 6.09. The quantitative estimate of drug-likeness (QED) is 0.160. The maximum atomic E-state index is 4.76. The number of para-hydroxylation sites is 3. The van der Waals surface area contributed by atoms with Gasteiger partial charge in [-0.2, -0.15) is 0 Å². The number of hydrogen-bond donors (Lipinski definition) is 0. The molecule has 0 aliphatic heterocycles. The Morgan fingerprint density at radius 2 is 0.735 bits per heavy atom. The Bertz CT molecular complexity index is 3750. The molecule has 318 valence electrons. The van der Waals surface area contributed by atoms with Gasteiger partial charge in [-0.15, -0.1) is 10.2 Å². The second kappa shape index (κ2) is 15.0. The van der Waals surface area contributed by atoms with E-state index in [-0.39, 0.29) is 0 Å². The van der Waals surface area contributed by atoms with Crippen molar-refractivity contribution in [2.24, 2.45) is 0 Å². The van der Waals surface area contributed by atoms with Crippen LogP contribution in [0.4, 0.5) is 17.1 Å². The summed E-state index contributed by atoms with van der Waals surface area (Å²) in [5, 5.41) is 12.0. The second-order valence-corrected chi connectivity index (χ2v) is 17.8. The van der Waals surface area contributed by atoms with Crippen LogP contribution in [0.1, 0.15) is 22.3 Å². The molecule has 0 N–H and O–H groups in total. The minimum absolute atomic E-state index is 0.565. The summed E-state index contributed by atoms with van der Waals surface area (Å²) < 4.78 is 4.62. The van der Waals surface area contributed by atoms with E-state index in [9.17, 15) is 0 Å². The topological polar surface area (TPSA) is 38.9 Å². The fourth-order valence-corrected chi connectivity index (χ4v) is 11.4. The van der Waals surface area contributed by atoms with Gasteiger partial charge in [0.15, 0.2) is 11.6 Å². The van der Waals surface area contributed by atoms with Crippen molar-refractivity contribution in [2.45, 2.75) is 5.41 Å². The molecule has 0 radical (unpaired) electrons. The Morgan fingerprint density at radius 3 is 1.32 bits per heavy atom. The first-order valence-corrected chi connectivity index (χ1v) is 23.2. The molecule has 5 nitrogen and oxygen atoms in total. The number of hydrogen-bond acceptors (Lipinski definition) is 3. The van der Waals surface area contributed by atoms with Crippen LogP contribution in [0.15, 0.2) is 249 Å². The first-order valence-electron chi connectivity index (χ1n) is 23.2. The standard InChI is InChI=1S/C63H41N5/c1-4-18-42(19-5-1)61-64-65-62(43-20-6-2-7-21-43)68(61)46-34-32-45(33-35-46)66(44-22-8-3-9-23-44)47-36-38-51-52-39-37-48(67-59-30-16-12-26-53(59)54-27-13-17-31-60(54)67)41-58(52)63(57(51)40-47)55-28-14-10-24-49(55)50-25-11-15-29-56(50)63/h1-41H. The molecule has 5 heteroatoms. The van der Waals surface area contributed by atoms with E-state index >= 15 is 0 Å². The van der Waals surface area contributed by atoms with Crippen LogP contribution in [-0.2, 0) is 5.41 Å². The summed E-state index contributed by atoms with van der Waals surface area (Å²) in [6.07, 6.45) is 0. The molecule has 2 aliphatic rings. The molecule has 0 saturated carbocycles. The SMILES string of the molecule is c1ccc(-c2nnc(-c3ccccc3)n2-c2ccc(N(c3ccccc3)c3ccc4c(c3)C3(c5ccccc5-c5ccccc53)c3cc(-n5c6ccccc6c6ccccc65)ccc3-4)cc2)cc1. The molecule has 0 unspecified atom stereocenters. The van der Waals surface area contributed by atoms with Crippen LogP contribution in [-0.4, -0.2) is 19.3 Å². The van der Waals surface area contributed by atoms with Crippen molar-refractivity contribution in [3.8, 4) is 56.4 Å². The molecule has 2 heterocycles. The number of aromatic nitrogens is 4. The zero-order valence-electron chi connectivity index (χ0n) is 36.9. The van der Waals surface area contributed by atoms with Gasteiger partial charge in [-0.25, -0.2) is 0 Å². The molecular weight excluding hydrogens is 827 g/mol. The average molecular weight is 868 g/mol. The molecule has 0 bridgehead atoms. The summed E-state index contributed by atoms with van der Waals surface area (Å²) in [5.41, 5.74) is 19.5. The Morgan fingerprint density at radius 1 is 0.309 bits per heavy atom.